The van der Waals surface area contributed by atoms with Gasteiger partial charge in [-0.05, 0) is 19.9 Å². The predicted octanol–water partition coefficient (Wildman–Crippen LogP) is 2.98. The van der Waals surface area contributed by atoms with Crippen LogP contribution in [0.4, 0.5) is 17.3 Å². The Morgan fingerprint density at radius 3 is 2.62 bits per heavy atom. The third kappa shape index (κ3) is 3.75. The van der Waals surface area contributed by atoms with E-state index in [9.17, 15) is 0 Å². The van der Waals surface area contributed by atoms with Crippen LogP contribution >= 0.6 is 0 Å². The van der Waals surface area contributed by atoms with Crippen molar-refractivity contribution in [2.45, 2.75) is 13.8 Å². The Balaban J connectivity index is 2.26. The minimum atomic E-state index is 0.562. The lowest BCUT2D eigenvalue weighted by Crippen LogP contribution is -2.01. The molecule has 0 spiro atoms. The molecular weight excluding hydrogens is 268 g/mol. The maximum Gasteiger partial charge on any atom is 0.179 e. The van der Waals surface area contributed by atoms with E-state index >= 15 is 0 Å². The summed E-state index contributed by atoms with van der Waals surface area (Å²) in [6, 6.07) is 5.68. The highest BCUT2D eigenvalue weighted by atomic mass is 16.5. The highest BCUT2D eigenvalue weighted by Crippen LogP contribution is 2.29. The summed E-state index contributed by atoms with van der Waals surface area (Å²) in [6.07, 6.45) is 1.63. The zero-order valence-corrected chi connectivity index (χ0v) is 12.7. The Kier molecular flexibility index (Phi) is 4.81. The molecular formula is C15H20N4O2. The lowest BCUT2D eigenvalue weighted by Gasteiger charge is -2.12. The van der Waals surface area contributed by atoms with Crippen LogP contribution in [0, 0.1) is 6.92 Å². The van der Waals surface area contributed by atoms with E-state index in [1.54, 1.807) is 19.4 Å². The van der Waals surface area contributed by atoms with Crippen molar-refractivity contribution in [3.8, 4) is 11.5 Å². The molecule has 2 aromatic heterocycles. The number of aryl methyl sites for hydroxylation is 1. The quantitative estimate of drug-likeness (QED) is 0.851. The van der Waals surface area contributed by atoms with Crippen LogP contribution in [0.2, 0.25) is 0 Å². The summed E-state index contributed by atoms with van der Waals surface area (Å²) in [5.41, 5.74) is 1.91. The van der Waals surface area contributed by atoms with Gasteiger partial charge in [0.15, 0.2) is 11.5 Å². The molecule has 0 bridgehead atoms. The van der Waals surface area contributed by atoms with E-state index in [1.165, 1.54) is 0 Å². The zero-order chi connectivity index (χ0) is 15.2. The number of rotatable bonds is 6. The molecule has 0 saturated carbocycles. The topological polar surface area (TPSA) is 68.3 Å². The van der Waals surface area contributed by atoms with Gasteiger partial charge in [0, 0.05) is 30.6 Å². The first kappa shape index (κ1) is 14.9. The molecule has 0 amide bonds. The zero-order valence-electron chi connectivity index (χ0n) is 12.7. The molecule has 112 valence electrons. The molecule has 0 aliphatic heterocycles. The molecule has 6 heteroatoms. The van der Waals surface area contributed by atoms with Gasteiger partial charge in [-0.2, -0.15) is 0 Å². The second kappa shape index (κ2) is 6.78. The normalized spacial score (nSPS) is 10.1. The average molecular weight is 288 g/mol. The second-order valence-corrected chi connectivity index (χ2v) is 4.41. The van der Waals surface area contributed by atoms with Gasteiger partial charge < -0.3 is 20.1 Å². The van der Waals surface area contributed by atoms with Crippen LogP contribution in [0.3, 0.4) is 0 Å². The number of ether oxygens (including phenoxy) is 2. The summed E-state index contributed by atoms with van der Waals surface area (Å²) in [4.78, 5) is 8.73. The van der Waals surface area contributed by atoms with Gasteiger partial charge in [0.2, 0.25) is 0 Å². The highest BCUT2D eigenvalue weighted by molar-refractivity contribution is 5.61. The van der Waals surface area contributed by atoms with Crippen molar-refractivity contribution in [3.05, 3.63) is 30.1 Å². The van der Waals surface area contributed by atoms with E-state index in [0.29, 0.717) is 23.9 Å². The van der Waals surface area contributed by atoms with Crippen molar-refractivity contribution < 1.29 is 9.47 Å². The first-order valence-electron chi connectivity index (χ1n) is 6.76. The third-order valence-electron chi connectivity index (χ3n) is 2.85. The number of pyridine rings is 2. The van der Waals surface area contributed by atoms with Crippen LogP contribution in [0.5, 0.6) is 11.5 Å². The van der Waals surface area contributed by atoms with Gasteiger partial charge in [-0.1, -0.05) is 0 Å². The van der Waals surface area contributed by atoms with Crippen molar-refractivity contribution in [1.82, 2.24) is 9.97 Å². The van der Waals surface area contributed by atoms with Gasteiger partial charge >= 0.3 is 0 Å². The summed E-state index contributed by atoms with van der Waals surface area (Å²) in [7, 11) is 3.46. The highest BCUT2D eigenvalue weighted by Gasteiger charge is 2.08. The van der Waals surface area contributed by atoms with E-state index in [0.717, 1.165) is 17.2 Å². The van der Waals surface area contributed by atoms with Gasteiger partial charge in [-0.25, -0.2) is 9.97 Å². The van der Waals surface area contributed by atoms with Crippen LogP contribution in [0.25, 0.3) is 0 Å². The molecule has 2 aromatic rings. The third-order valence-corrected chi connectivity index (χ3v) is 2.85. The SMILES string of the molecule is CCOc1cc(Nc2cc(NC)cc(C)n2)ncc1OC. The Hall–Kier alpha value is -2.50. The van der Waals surface area contributed by atoms with Gasteiger partial charge in [0.05, 0.1) is 19.9 Å². The Morgan fingerprint density at radius 1 is 1.14 bits per heavy atom. The number of methoxy groups -OCH3 is 1. The maximum absolute atomic E-state index is 5.54. The second-order valence-electron chi connectivity index (χ2n) is 4.41. The van der Waals surface area contributed by atoms with Crippen molar-refractivity contribution in [2.24, 2.45) is 0 Å². The Labute approximate surface area is 124 Å². The smallest absolute Gasteiger partial charge is 0.179 e. The van der Waals surface area contributed by atoms with Crippen molar-refractivity contribution >= 4 is 17.3 Å². The minimum absolute atomic E-state index is 0.562. The van der Waals surface area contributed by atoms with Gasteiger partial charge in [0.25, 0.3) is 0 Å². The lowest BCUT2D eigenvalue weighted by molar-refractivity contribution is 0.310. The molecule has 0 atom stereocenters. The summed E-state index contributed by atoms with van der Waals surface area (Å²) < 4.78 is 10.8. The molecule has 0 saturated heterocycles. The average Bonchev–Trinajstić information content (AvgIpc) is 2.47. The maximum atomic E-state index is 5.54. The van der Waals surface area contributed by atoms with E-state index in [4.69, 9.17) is 9.47 Å². The van der Waals surface area contributed by atoms with Crippen LogP contribution in [0.15, 0.2) is 24.4 Å². The molecule has 0 unspecified atom stereocenters. The minimum Gasteiger partial charge on any atom is -0.491 e. The molecule has 21 heavy (non-hydrogen) atoms. The van der Waals surface area contributed by atoms with Crippen molar-refractivity contribution in [3.63, 3.8) is 0 Å². The number of aromatic nitrogens is 2. The van der Waals surface area contributed by atoms with Gasteiger partial charge in [0.1, 0.15) is 11.6 Å². The fourth-order valence-corrected chi connectivity index (χ4v) is 1.92. The van der Waals surface area contributed by atoms with E-state index in [1.807, 2.05) is 33.0 Å². The molecule has 0 fully saturated rings. The molecule has 0 radical (unpaired) electrons. The summed E-state index contributed by atoms with van der Waals surface area (Å²) in [5, 5.41) is 6.27. The molecule has 0 aromatic carbocycles. The first-order valence-corrected chi connectivity index (χ1v) is 6.76. The van der Waals surface area contributed by atoms with Crippen molar-refractivity contribution in [1.29, 1.82) is 0 Å². The summed E-state index contributed by atoms with van der Waals surface area (Å²) >= 11 is 0. The van der Waals surface area contributed by atoms with E-state index < -0.39 is 0 Å². The first-order chi connectivity index (χ1) is 10.2. The van der Waals surface area contributed by atoms with E-state index in [2.05, 4.69) is 20.6 Å². The van der Waals surface area contributed by atoms with Crippen LogP contribution < -0.4 is 20.1 Å². The summed E-state index contributed by atoms with van der Waals surface area (Å²) in [5.74, 6) is 2.63. The van der Waals surface area contributed by atoms with E-state index in [-0.39, 0.29) is 0 Å². The number of nitrogens with one attached hydrogen (secondary N) is 2. The number of hydrogen-bond donors (Lipinski definition) is 2. The molecule has 0 aliphatic carbocycles. The summed E-state index contributed by atoms with van der Waals surface area (Å²) in [6.45, 7) is 4.43. The van der Waals surface area contributed by atoms with Gasteiger partial charge in [-0.3, -0.25) is 0 Å². The van der Waals surface area contributed by atoms with Crippen LogP contribution in [0.1, 0.15) is 12.6 Å². The number of hydrogen-bond acceptors (Lipinski definition) is 6. The Morgan fingerprint density at radius 2 is 1.95 bits per heavy atom. The molecule has 2 heterocycles. The fraction of sp³-hybridized carbons (Fsp3) is 0.333. The largest absolute Gasteiger partial charge is 0.491 e. The number of anilines is 3. The standard InChI is InChI=1S/C15H20N4O2/c1-5-21-12-8-14(17-9-13(12)20-4)19-15-7-11(16-3)6-10(2)18-15/h6-9H,5H2,1-4H3,(H2,16,17,18,19). The molecule has 6 nitrogen and oxygen atoms in total. The Bertz CT molecular complexity index is 617. The van der Waals surface area contributed by atoms with Gasteiger partial charge in [-0.15, -0.1) is 0 Å². The van der Waals surface area contributed by atoms with Crippen LogP contribution in [-0.2, 0) is 0 Å². The fourth-order valence-electron chi connectivity index (χ4n) is 1.92. The monoisotopic (exact) mass is 288 g/mol. The van der Waals surface area contributed by atoms with Crippen LogP contribution in [-0.4, -0.2) is 30.7 Å². The molecule has 2 N–H and O–H groups in total. The predicted molar refractivity (Wildman–Crippen MR) is 83.8 cm³/mol. The molecule has 2 rings (SSSR count). The lowest BCUT2D eigenvalue weighted by atomic mass is 10.3. The molecule has 0 aliphatic rings. The number of nitrogens with zero attached hydrogens (tertiary/aromatic N) is 2. The van der Waals surface area contributed by atoms with Crippen molar-refractivity contribution in [2.75, 3.05) is 31.4 Å².